The van der Waals surface area contributed by atoms with Crippen molar-refractivity contribution < 1.29 is 4.74 Å². The minimum atomic E-state index is 0.828. The van der Waals surface area contributed by atoms with E-state index in [9.17, 15) is 0 Å². The van der Waals surface area contributed by atoms with Crippen LogP contribution in [0.2, 0.25) is 0 Å². The molecule has 0 unspecified atom stereocenters. The molecule has 27 heavy (non-hydrogen) atoms. The van der Waals surface area contributed by atoms with Crippen molar-refractivity contribution in [1.29, 1.82) is 0 Å². The van der Waals surface area contributed by atoms with Crippen LogP contribution in [0, 0.1) is 13.8 Å². The van der Waals surface area contributed by atoms with Gasteiger partial charge in [-0.2, -0.15) is 0 Å². The summed E-state index contributed by atoms with van der Waals surface area (Å²) in [7, 11) is 1.67. The highest BCUT2D eigenvalue weighted by Gasteiger charge is 2.16. The van der Waals surface area contributed by atoms with Crippen LogP contribution in [-0.2, 0) is 5.75 Å². The maximum Gasteiger partial charge on any atom is 0.146 e. The Hall–Kier alpha value is -2.44. The molecule has 4 aromatic rings. The summed E-state index contributed by atoms with van der Waals surface area (Å²) in [5.41, 5.74) is 5.38. The van der Waals surface area contributed by atoms with E-state index in [0.29, 0.717) is 0 Å². The van der Waals surface area contributed by atoms with E-state index >= 15 is 0 Å². The third-order valence-corrected chi connectivity index (χ3v) is 6.22. The Bertz CT molecular complexity index is 1090. The van der Waals surface area contributed by atoms with Gasteiger partial charge in [-0.1, -0.05) is 41.6 Å². The van der Waals surface area contributed by atoms with Gasteiger partial charge in [0.15, 0.2) is 0 Å². The van der Waals surface area contributed by atoms with Crippen molar-refractivity contribution in [2.75, 3.05) is 7.11 Å². The lowest BCUT2D eigenvalue weighted by molar-refractivity contribution is 0.415. The summed E-state index contributed by atoms with van der Waals surface area (Å²) in [6.07, 6.45) is 0. The lowest BCUT2D eigenvalue weighted by Crippen LogP contribution is -1.93. The largest absolute Gasteiger partial charge is 0.497 e. The third kappa shape index (κ3) is 3.82. The van der Waals surface area contributed by atoms with E-state index in [4.69, 9.17) is 9.72 Å². The Kier molecular flexibility index (Phi) is 5.09. The van der Waals surface area contributed by atoms with Gasteiger partial charge in [0.1, 0.15) is 22.0 Å². The predicted molar refractivity (Wildman–Crippen MR) is 113 cm³/mol. The highest BCUT2D eigenvalue weighted by molar-refractivity contribution is 7.98. The standard InChI is InChI=1S/C21H19N3OS2/c1-13-5-4-6-15(11-13)12-26-21-19-20(27-14(2)22-19)18(23-24-21)16-7-9-17(25-3)10-8-16/h4-11H,12H2,1-3H3. The van der Waals surface area contributed by atoms with Gasteiger partial charge >= 0.3 is 0 Å². The molecule has 4 rings (SSSR count). The SMILES string of the molecule is COc1ccc(-c2nnc(SCc3cccc(C)c3)c3nc(C)sc23)cc1. The lowest BCUT2D eigenvalue weighted by atomic mass is 10.1. The van der Waals surface area contributed by atoms with Crippen LogP contribution in [0.15, 0.2) is 53.6 Å². The highest BCUT2D eigenvalue weighted by atomic mass is 32.2. The first kappa shape index (κ1) is 17.9. The summed E-state index contributed by atoms with van der Waals surface area (Å²) in [6, 6.07) is 16.5. The Morgan fingerprint density at radius 2 is 1.85 bits per heavy atom. The molecular weight excluding hydrogens is 374 g/mol. The molecule has 0 spiro atoms. The molecule has 2 aromatic heterocycles. The normalized spacial score (nSPS) is 11.1. The van der Waals surface area contributed by atoms with Crippen molar-refractivity contribution in [2.24, 2.45) is 0 Å². The first-order valence-electron chi connectivity index (χ1n) is 8.60. The van der Waals surface area contributed by atoms with Crippen LogP contribution < -0.4 is 4.74 Å². The van der Waals surface area contributed by atoms with E-state index in [2.05, 4.69) is 41.4 Å². The van der Waals surface area contributed by atoms with Gasteiger partial charge in [-0.15, -0.1) is 21.5 Å². The molecule has 2 aromatic carbocycles. The zero-order chi connectivity index (χ0) is 18.8. The molecule has 0 amide bonds. The lowest BCUT2D eigenvalue weighted by Gasteiger charge is -2.06. The van der Waals surface area contributed by atoms with Crippen LogP contribution in [0.3, 0.4) is 0 Å². The van der Waals surface area contributed by atoms with Crippen LogP contribution in [0.4, 0.5) is 0 Å². The van der Waals surface area contributed by atoms with Crippen LogP contribution in [0.1, 0.15) is 16.1 Å². The quantitative estimate of drug-likeness (QED) is 0.409. The molecule has 2 heterocycles. The van der Waals surface area contributed by atoms with Crippen LogP contribution in [-0.4, -0.2) is 22.3 Å². The third-order valence-electron chi connectivity index (χ3n) is 4.21. The second-order valence-corrected chi connectivity index (χ2v) is 8.44. The summed E-state index contributed by atoms with van der Waals surface area (Å²) in [5.74, 6) is 1.68. The molecule has 0 bridgehead atoms. The summed E-state index contributed by atoms with van der Waals surface area (Å²) >= 11 is 3.35. The highest BCUT2D eigenvalue weighted by Crippen LogP contribution is 2.36. The Morgan fingerprint density at radius 1 is 1.04 bits per heavy atom. The van der Waals surface area contributed by atoms with Crippen LogP contribution in [0.25, 0.3) is 21.5 Å². The molecule has 6 heteroatoms. The van der Waals surface area contributed by atoms with Gasteiger partial charge in [0.05, 0.1) is 16.8 Å². The molecule has 0 N–H and O–H groups in total. The zero-order valence-corrected chi connectivity index (χ0v) is 17.0. The van der Waals surface area contributed by atoms with Crippen molar-refractivity contribution in [3.05, 3.63) is 64.7 Å². The number of thiazole rings is 1. The van der Waals surface area contributed by atoms with Gasteiger partial charge in [0.25, 0.3) is 0 Å². The van der Waals surface area contributed by atoms with Gasteiger partial charge in [0, 0.05) is 11.3 Å². The van der Waals surface area contributed by atoms with Crippen molar-refractivity contribution in [3.63, 3.8) is 0 Å². The first-order chi connectivity index (χ1) is 13.1. The number of hydrogen-bond donors (Lipinski definition) is 0. The topological polar surface area (TPSA) is 47.9 Å². The zero-order valence-electron chi connectivity index (χ0n) is 15.4. The maximum atomic E-state index is 5.25. The average Bonchev–Trinajstić information content (AvgIpc) is 3.08. The van der Waals surface area contributed by atoms with Gasteiger partial charge < -0.3 is 4.74 Å². The van der Waals surface area contributed by atoms with Crippen LogP contribution in [0.5, 0.6) is 5.75 Å². The number of aryl methyl sites for hydroxylation is 2. The number of thioether (sulfide) groups is 1. The molecule has 0 aliphatic heterocycles. The van der Waals surface area contributed by atoms with E-state index in [1.165, 1.54) is 11.1 Å². The summed E-state index contributed by atoms with van der Waals surface area (Å²) in [5, 5.41) is 10.9. The predicted octanol–water partition coefficient (Wildman–Crippen LogP) is 5.67. The number of benzene rings is 2. The maximum absolute atomic E-state index is 5.25. The molecule has 0 aliphatic carbocycles. The van der Waals surface area contributed by atoms with E-state index < -0.39 is 0 Å². The Morgan fingerprint density at radius 3 is 2.59 bits per heavy atom. The molecule has 136 valence electrons. The number of hydrogen-bond acceptors (Lipinski definition) is 6. The molecule has 0 aliphatic rings. The minimum absolute atomic E-state index is 0.828. The molecular formula is C21H19N3OS2. The number of aromatic nitrogens is 3. The van der Waals surface area contributed by atoms with Gasteiger partial charge in [-0.05, 0) is 43.7 Å². The molecule has 4 nitrogen and oxygen atoms in total. The van der Waals surface area contributed by atoms with Crippen LogP contribution >= 0.6 is 23.1 Å². The summed E-state index contributed by atoms with van der Waals surface area (Å²) in [6.45, 7) is 4.14. The van der Waals surface area contributed by atoms with Gasteiger partial charge in [-0.3, -0.25) is 0 Å². The van der Waals surface area contributed by atoms with Gasteiger partial charge in [0.2, 0.25) is 0 Å². The first-order valence-corrected chi connectivity index (χ1v) is 10.4. The number of ether oxygens (including phenoxy) is 1. The fourth-order valence-electron chi connectivity index (χ4n) is 2.91. The number of rotatable bonds is 5. The monoisotopic (exact) mass is 393 g/mol. The van der Waals surface area contributed by atoms with Crippen molar-refractivity contribution >= 4 is 33.3 Å². The Balaban J connectivity index is 1.69. The minimum Gasteiger partial charge on any atom is -0.497 e. The van der Waals surface area contributed by atoms with Crippen molar-refractivity contribution in [2.45, 2.75) is 24.6 Å². The summed E-state index contributed by atoms with van der Waals surface area (Å²) < 4.78 is 6.33. The second-order valence-electron chi connectivity index (χ2n) is 6.27. The fraction of sp³-hybridized carbons (Fsp3) is 0.190. The van der Waals surface area contributed by atoms with Crippen molar-refractivity contribution in [3.8, 4) is 17.0 Å². The molecule has 0 atom stereocenters. The van der Waals surface area contributed by atoms with E-state index in [1.807, 2.05) is 31.2 Å². The molecule has 0 radical (unpaired) electrons. The number of methoxy groups -OCH3 is 1. The smallest absolute Gasteiger partial charge is 0.146 e. The van der Waals surface area contributed by atoms with E-state index in [0.717, 1.165) is 43.0 Å². The second kappa shape index (κ2) is 7.66. The van der Waals surface area contributed by atoms with E-state index in [-0.39, 0.29) is 0 Å². The molecule has 0 saturated carbocycles. The van der Waals surface area contributed by atoms with Crippen molar-refractivity contribution in [1.82, 2.24) is 15.2 Å². The van der Waals surface area contributed by atoms with Gasteiger partial charge in [-0.25, -0.2) is 4.98 Å². The molecule has 0 saturated heterocycles. The average molecular weight is 394 g/mol. The fourth-order valence-corrected chi connectivity index (χ4v) is 4.77. The number of fused-ring (bicyclic) bond motifs is 1. The summed E-state index contributed by atoms with van der Waals surface area (Å²) in [4.78, 5) is 4.73. The Labute approximate surface area is 166 Å². The number of nitrogens with zero attached hydrogens (tertiary/aromatic N) is 3. The molecule has 0 fully saturated rings. The van der Waals surface area contributed by atoms with E-state index in [1.54, 1.807) is 30.2 Å².